The zero-order chi connectivity index (χ0) is 24.8. The zero-order valence-electron chi connectivity index (χ0n) is 20.0. The number of hydrogen-bond donors (Lipinski definition) is 0. The van der Waals surface area contributed by atoms with Gasteiger partial charge in [0.15, 0.2) is 0 Å². The molecule has 3 aliphatic rings. The molecular weight excluding hydrogens is 448 g/mol. The maximum Gasteiger partial charge on any atom is 0.338 e. The van der Waals surface area contributed by atoms with E-state index in [2.05, 4.69) is 37.4 Å². The lowest BCUT2D eigenvalue weighted by molar-refractivity contribution is -0.0698. The summed E-state index contributed by atoms with van der Waals surface area (Å²) in [4.78, 5) is 26.3. The van der Waals surface area contributed by atoms with Gasteiger partial charge in [0.1, 0.15) is 12.2 Å². The molecule has 3 aliphatic carbocycles. The van der Waals surface area contributed by atoms with Crippen molar-refractivity contribution in [3.8, 4) is 0 Å². The summed E-state index contributed by atoms with van der Waals surface area (Å²) >= 11 is 0. The minimum Gasteiger partial charge on any atom is -0.455 e. The van der Waals surface area contributed by atoms with Gasteiger partial charge in [-0.1, -0.05) is 73.8 Å². The molecule has 0 heterocycles. The lowest BCUT2D eigenvalue weighted by atomic mass is 9.76. The summed E-state index contributed by atoms with van der Waals surface area (Å²) in [6, 6.07) is 23.0. The van der Waals surface area contributed by atoms with Crippen LogP contribution < -0.4 is 0 Å². The van der Waals surface area contributed by atoms with Crippen molar-refractivity contribution in [3.05, 3.63) is 119 Å². The van der Waals surface area contributed by atoms with Crippen molar-refractivity contribution >= 4 is 24.1 Å². The Hall–Kier alpha value is -3.92. The Bertz CT molecular complexity index is 1340. The highest BCUT2D eigenvalue weighted by Gasteiger charge is 2.63. The zero-order valence-corrected chi connectivity index (χ0v) is 20.0. The summed E-state index contributed by atoms with van der Waals surface area (Å²) in [7, 11) is 0. The van der Waals surface area contributed by atoms with Crippen LogP contribution in [0.25, 0.3) is 12.2 Å². The molecule has 180 valence electrons. The summed E-state index contributed by atoms with van der Waals surface area (Å²) < 4.78 is 12.3. The topological polar surface area (TPSA) is 52.6 Å². The Kier molecular flexibility index (Phi) is 5.60. The Morgan fingerprint density at radius 3 is 1.78 bits per heavy atom. The highest BCUT2D eigenvalue weighted by Crippen LogP contribution is 2.62. The number of carbonyl (C=O) groups is 2. The molecule has 6 atom stereocenters. The molecule has 4 heteroatoms. The molecule has 3 aromatic rings. The first kappa shape index (κ1) is 22.5. The number of hydrogen-bond acceptors (Lipinski definition) is 4. The van der Waals surface area contributed by atoms with Crippen LogP contribution in [0.2, 0.25) is 0 Å². The van der Waals surface area contributed by atoms with E-state index in [4.69, 9.17) is 9.47 Å². The van der Waals surface area contributed by atoms with Gasteiger partial charge < -0.3 is 9.47 Å². The number of rotatable bonds is 6. The standard InChI is InChI=1S/C32H28O4/c1-3-19-9-13-21(14-10-19)31(33)35-29-26-18-27(28-24-8-6-5-7-23(24)17-25(26)28)30(29)36-32(34)22-15-11-20(4-2)12-16-22/h3-16,25-30H,1-2,17-18H2. The van der Waals surface area contributed by atoms with Crippen LogP contribution in [0, 0.1) is 17.8 Å². The third kappa shape index (κ3) is 3.69. The van der Waals surface area contributed by atoms with Crippen LogP contribution in [0.15, 0.2) is 86.0 Å². The molecule has 4 nitrogen and oxygen atoms in total. The van der Waals surface area contributed by atoms with Crippen LogP contribution in [0.3, 0.4) is 0 Å². The molecule has 0 aromatic heterocycles. The van der Waals surface area contributed by atoms with E-state index in [1.54, 1.807) is 36.4 Å². The third-order valence-corrected chi connectivity index (χ3v) is 8.30. The highest BCUT2D eigenvalue weighted by atomic mass is 16.6. The molecule has 0 spiro atoms. The van der Waals surface area contributed by atoms with Crippen LogP contribution in [-0.4, -0.2) is 24.1 Å². The van der Waals surface area contributed by atoms with E-state index < -0.39 is 12.2 Å². The average molecular weight is 477 g/mol. The Morgan fingerprint density at radius 1 is 0.694 bits per heavy atom. The van der Waals surface area contributed by atoms with Gasteiger partial charge in [0.2, 0.25) is 0 Å². The lowest BCUT2D eigenvalue weighted by Crippen LogP contribution is -2.45. The Labute approximate surface area is 211 Å². The number of benzene rings is 3. The maximum atomic E-state index is 13.2. The molecule has 2 bridgehead atoms. The van der Waals surface area contributed by atoms with Crippen molar-refractivity contribution in [1.82, 2.24) is 0 Å². The van der Waals surface area contributed by atoms with Crippen molar-refractivity contribution in [2.75, 3.05) is 0 Å². The minimum absolute atomic E-state index is 0.126. The number of ether oxygens (including phenoxy) is 2. The van der Waals surface area contributed by atoms with Crippen LogP contribution >= 0.6 is 0 Å². The molecule has 0 radical (unpaired) electrons. The highest BCUT2D eigenvalue weighted by molar-refractivity contribution is 5.91. The van der Waals surface area contributed by atoms with Gasteiger partial charge in [-0.05, 0) is 71.2 Å². The maximum absolute atomic E-state index is 13.2. The van der Waals surface area contributed by atoms with Crippen molar-refractivity contribution in [2.24, 2.45) is 17.8 Å². The van der Waals surface area contributed by atoms with Crippen LogP contribution in [0.1, 0.15) is 55.3 Å². The predicted octanol–water partition coefficient (Wildman–Crippen LogP) is 6.33. The SMILES string of the molecule is C=Cc1ccc(C(=O)OC2C3CC(C2OC(=O)c2ccc(C=C)cc2)C2c4ccccc4CC32)cc1. The predicted molar refractivity (Wildman–Crippen MR) is 139 cm³/mol. The number of fused-ring (bicyclic) bond motifs is 7. The quantitative estimate of drug-likeness (QED) is 0.390. The van der Waals surface area contributed by atoms with Gasteiger partial charge in [-0.2, -0.15) is 0 Å². The van der Waals surface area contributed by atoms with E-state index in [1.165, 1.54) is 11.1 Å². The van der Waals surface area contributed by atoms with Crippen molar-refractivity contribution < 1.29 is 19.1 Å². The first-order chi connectivity index (χ1) is 17.6. The first-order valence-electron chi connectivity index (χ1n) is 12.5. The second-order valence-corrected chi connectivity index (χ2v) is 10.0. The third-order valence-electron chi connectivity index (χ3n) is 8.30. The summed E-state index contributed by atoms with van der Waals surface area (Å²) in [5, 5.41) is 0. The molecule has 0 aliphatic heterocycles. The Balaban J connectivity index is 1.29. The molecule has 2 saturated carbocycles. The van der Waals surface area contributed by atoms with Gasteiger partial charge in [-0.3, -0.25) is 0 Å². The van der Waals surface area contributed by atoms with Crippen LogP contribution in [-0.2, 0) is 15.9 Å². The van der Waals surface area contributed by atoms with Gasteiger partial charge in [-0.15, -0.1) is 0 Å². The normalized spacial score (nSPS) is 27.1. The molecule has 6 rings (SSSR count). The second kappa shape index (κ2) is 8.94. The smallest absolute Gasteiger partial charge is 0.338 e. The number of esters is 2. The largest absolute Gasteiger partial charge is 0.455 e. The summed E-state index contributed by atoms with van der Waals surface area (Å²) in [6.07, 6.45) is 4.40. The molecule has 36 heavy (non-hydrogen) atoms. The molecule has 2 fully saturated rings. The molecular formula is C32H28O4. The minimum atomic E-state index is -0.481. The summed E-state index contributed by atoms with van der Waals surface area (Å²) in [5.41, 5.74) is 5.56. The fraction of sp³-hybridized carbons (Fsp3) is 0.250. The van der Waals surface area contributed by atoms with E-state index in [0.717, 1.165) is 24.0 Å². The van der Waals surface area contributed by atoms with E-state index in [1.807, 2.05) is 24.3 Å². The summed E-state index contributed by atoms with van der Waals surface area (Å²) in [6.45, 7) is 7.53. The van der Waals surface area contributed by atoms with Gasteiger partial charge in [-0.25, -0.2) is 9.59 Å². The van der Waals surface area contributed by atoms with E-state index in [9.17, 15) is 9.59 Å². The average Bonchev–Trinajstić information content (AvgIpc) is 3.58. The molecule has 0 amide bonds. The number of carbonyl (C=O) groups excluding carboxylic acids is 2. The van der Waals surface area contributed by atoms with Gasteiger partial charge in [0.25, 0.3) is 0 Å². The lowest BCUT2D eigenvalue weighted by Gasteiger charge is -2.37. The van der Waals surface area contributed by atoms with Crippen LogP contribution in [0.5, 0.6) is 0 Å². The molecule has 0 N–H and O–H groups in total. The molecule has 6 unspecified atom stereocenters. The fourth-order valence-electron chi connectivity index (χ4n) is 6.66. The van der Waals surface area contributed by atoms with E-state index in [-0.39, 0.29) is 23.8 Å². The van der Waals surface area contributed by atoms with Crippen molar-refractivity contribution in [3.63, 3.8) is 0 Å². The van der Waals surface area contributed by atoms with E-state index >= 15 is 0 Å². The van der Waals surface area contributed by atoms with Gasteiger partial charge >= 0.3 is 11.9 Å². The first-order valence-corrected chi connectivity index (χ1v) is 12.5. The molecule has 3 aromatic carbocycles. The van der Waals surface area contributed by atoms with Gasteiger partial charge in [0.05, 0.1) is 11.1 Å². The summed E-state index contributed by atoms with van der Waals surface area (Å²) in [5.74, 6) is 0.240. The fourth-order valence-corrected chi connectivity index (χ4v) is 6.66. The van der Waals surface area contributed by atoms with Crippen LogP contribution in [0.4, 0.5) is 0 Å². The van der Waals surface area contributed by atoms with Crippen molar-refractivity contribution in [1.29, 1.82) is 0 Å². The van der Waals surface area contributed by atoms with Crippen molar-refractivity contribution in [2.45, 2.75) is 31.0 Å². The second-order valence-electron chi connectivity index (χ2n) is 10.0. The Morgan fingerprint density at radius 2 is 1.22 bits per heavy atom. The van der Waals surface area contributed by atoms with Gasteiger partial charge in [0, 0.05) is 11.8 Å². The monoisotopic (exact) mass is 476 g/mol. The molecule has 0 saturated heterocycles. The van der Waals surface area contributed by atoms with E-state index in [0.29, 0.717) is 23.0 Å².